The summed E-state index contributed by atoms with van der Waals surface area (Å²) in [7, 11) is 2.47. The van der Waals surface area contributed by atoms with E-state index in [9.17, 15) is 9.59 Å². The molecule has 0 spiro atoms. The minimum Gasteiger partial charge on any atom is -0.466 e. The molecule has 0 amide bonds. The second-order valence-electron chi connectivity index (χ2n) is 5.08. The maximum Gasteiger partial charge on any atom is 0.354 e. The van der Waals surface area contributed by atoms with E-state index in [1.54, 1.807) is 12.1 Å². The van der Waals surface area contributed by atoms with Gasteiger partial charge in [0.15, 0.2) is 0 Å². The highest BCUT2D eigenvalue weighted by atomic mass is 16.5. The Morgan fingerprint density at radius 2 is 1.79 bits per heavy atom. The molecular formula is C17H19N3O4. The van der Waals surface area contributed by atoms with Crippen LogP contribution in [0.5, 0.6) is 0 Å². The number of carbonyl (C=O) groups is 2. The molecule has 0 saturated heterocycles. The highest BCUT2D eigenvalue weighted by Gasteiger charge is 2.13. The Bertz CT molecular complexity index is 776. The molecule has 1 N–H and O–H groups in total. The smallest absolute Gasteiger partial charge is 0.354 e. The summed E-state index contributed by atoms with van der Waals surface area (Å²) in [5, 5.41) is 7.26. The molecule has 0 bridgehead atoms. The van der Waals surface area contributed by atoms with Gasteiger partial charge in [-0.1, -0.05) is 0 Å². The van der Waals surface area contributed by atoms with E-state index in [-0.39, 0.29) is 5.70 Å². The highest BCUT2D eigenvalue weighted by Crippen LogP contribution is 2.17. The molecule has 1 aromatic carbocycles. The Morgan fingerprint density at radius 1 is 1.12 bits per heavy atom. The van der Waals surface area contributed by atoms with E-state index in [1.807, 2.05) is 36.7 Å². The predicted octanol–water partition coefficient (Wildman–Crippen LogP) is 2.13. The van der Waals surface area contributed by atoms with Crippen LogP contribution in [0, 0.1) is 13.8 Å². The van der Waals surface area contributed by atoms with Crippen LogP contribution >= 0.6 is 0 Å². The number of esters is 2. The average Bonchev–Trinajstić information content (AvgIpc) is 2.92. The number of methoxy groups -OCH3 is 2. The summed E-state index contributed by atoms with van der Waals surface area (Å²) in [6.07, 6.45) is 1.04. The molecule has 24 heavy (non-hydrogen) atoms. The van der Waals surface area contributed by atoms with E-state index < -0.39 is 11.9 Å². The van der Waals surface area contributed by atoms with Crippen molar-refractivity contribution in [2.75, 3.05) is 19.5 Å². The largest absolute Gasteiger partial charge is 0.466 e. The quantitative estimate of drug-likeness (QED) is 0.668. The van der Waals surface area contributed by atoms with E-state index in [1.165, 1.54) is 14.2 Å². The van der Waals surface area contributed by atoms with Crippen LogP contribution in [0.1, 0.15) is 11.4 Å². The lowest BCUT2D eigenvalue weighted by molar-refractivity contribution is -0.138. The van der Waals surface area contributed by atoms with Gasteiger partial charge in [-0.25, -0.2) is 14.3 Å². The molecule has 126 valence electrons. The number of hydrogen-bond donors (Lipinski definition) is 1. The first kappa shape index (κ1) is 17.3. The number of rotatable bonds is 5. The number of ether oxygens (including phenoxy) is 2. The first-order valence-corrected chi connectivity index (χ1v) is 7.23. The molecule has 7 nitrogen and oxygen atoms in total. The van der Waals surface area contributed by atoms with Crippen LogP contribution in [0.3, 0.4) is 0 Å². The molecule has 7 heteroatoms. The zero-order valence-electron chi connectivity index (χ0n) is 14.0. The summed E-state index contributed by atoms with van der Waals surface area (Å²) in [6, 6.07) is 9.25. The molecule has 0 aliphatic rings. The van der Waals surface area contributed by atoms with E-state index in [4.69, 9.17) is 0 Å². The van der Waals surface area contributed by atoms with Crippen LogP contribution in [0.15, 0.2) is 42.1 Å². The molecule has 0 aliphatic heterocycles. The normalized spacial score (nSPS) is 11.1. The molecule has 0 radical (unpaired) electrons. The summed E-state index contributed by atoms with van der Waals surface area (Å²) < 4.78 is 11.0. The number of anilines is 1. The molecule has 0 saturated carbocycles. The van der Waals surface area contributed by atoms with Crippen molar-refractivity contribution in [3.8, 4) is 5.69 Å². The lowest BCUT2D eigenvalue weighted by Crippen LogP contribution is -2.15. The lowest BCUT2D eigenvalue weighted by atomic mass is 10.2. The van der Waals surface area contributed by atoms with Crippen LogP contribution in [0.4, 0.5) is 5.69 Å². The van der Waals surface area contributed by atoms with Crippen molar-refractivity contribution >= 4 is 17.6 Å². The van der Waals surface area contributed by atoms with E-state index in [2.05, 4.69) is 19.9 Å². The standard InChI is InChI=1S/C17H19N3O4/c1-11-9-12(2)20(19-11)14-7-5-13(6-8-14)18-15(17(22)24-4)10-16(21)23-3/h5-10,18H,1-4H3/b15-10+. The van der Waals surface area contributed by atoms with Gasteiger partial charge in [0.25, 0.3) is 0 Å². The summed E-state index contributed by atoms with van der Waals surface area (Å²) in [4.78, 5) is 23.1. The van der Waals surface area contributed by atoms with Gasteiger partial charge in [-0.15, -0.1) is 0 Å². The molecular weight excluding hydrogens is 310 g/mol. The van der Waals surface area contributed by atoms with Crippen molar-refractivity contribution in [1.29, 1.82) is 0 Å². The van der Waals surface area contributed by atoms with Gasteiger partial charge >= 0.3 is 11.9 Å². The van der Waals surface area contributed by atoms with Gasteiger partial charge in [0.2, 0.25) is 0 Å². The number of nitrogens with zero attached hydrogens (tertiary/aromatic N) is 2. The van der Waals surface area contributed by atoms with Crippen molar-refractivity contribution in [2.45, 2.75) is 13.8 Å². The van der Waals surface area contributed by atoms with Crippen molar-refractivity contribution < 1.29 is 19.1 Å². The summed E-state index contributed by atoms with van der Waals surface area (Å²) in [5.41, 5.74) is 3.46. The number of hydrogen-bond acceptors (Lipinski definition) is 6. The molecule has 0 atom stereocenters. The number of aryl methyl sites for hydroxylation is 2. The molecule has 1 aromatic heterocycles. The Kier molecular flexibility index (Phi) is 5.36. The van der Waals surface area contributed by atoms with Crippen LogP contribution in [0.25, 0.3) is 5.69 Å². The molecule has 0 fully saturated rings. The first-order valence-electron chi connectivity index (χ1n) is 7.23. The fourth-order valence-corrected chi connectivity index (χ4v) is 2.16. The second kappa shape index (κ2) is 7.45. The third-order valence-corrected chi connectivity index (χ3v) is 3.27. The van der Waals surface area contributed by atoms with Crippen LogP contribution in [-0.4, -0.2) is 35.9 Å². The highest BCUT2D eigenvalue weighted by molar-refractivity contribution is 5.98. The Hall–Kier alpha value is -3.09. The summed E-state index contributed by atoms with van der Waals surface area (Å²) in [5.74, 6) is -1.31. The van der Waals surface area contributed by atoms with Gasteiger partial charge < -0.3 is 14.8 Å². The monoisotopic (exact) mass is 329 g/mol. The Balaban J connectivity index is 2.23. The molecule has 0 aliphatic carbocycles. The van der Waals surface area contributed by atoms with Gasteiger partial charge in [0.05, 0.1) is 31.7 Å². The zero-order valence-corrected chi connectivity index (χ0v) is 14.0. The number of carbonyl (C=O) groups excluding carboxylic acids is 2. The summed E-state index contributed by atoms with van der Waals surface area (Å²) in [6.45, 7) is 3.90. The molecule has 1 heterocycles. The summed E-state index contributed by atoms with van der Waals surface area (Å²) >= 11 is 0. The van der Waals surface area contributed by atoms with Crippen molar-refractivity contribution in [2.24, 2.45) is 0 Å². The Labute approximate surface area is 139 Å². The van der Waals surface area contributed by atoms with E-state index >= 15 is 0 Å². The average molecular weight is 329 g/mol. The van der Waals surface area contributed by atoms with Gasteiger partial charge in [0.1, 0.15) is 5.70 Å². The van der Waals surface area contributed by atoms with Crippen molar-refractivity contribution in [3.63, 3.8) is 0 Å². The van der Waals surface area contributed by atoms with Gasteiger partial charge in [-0.3, -0.25) is 0 Å². The van der Waals surface area contributed by atoms with Gasteiger partial charge in [0, 0.05) is 11.4 Å². The fraction of sp³-hybridized carbons (Fsp3) is 0.235. The van der Waals surface area contributed by atoms with E-state index in [0.29, 0.717) is 5.69 Å². The minimum absolute atomic E-state index is 0.0109. The predicted molar refractivity (Wildman–Crippen MR) is 88.8 cm³/mol. The van der Waals surface area contributed by atoms with Crippen LogP contribution < -0.4 is 5.32 Å². The fourth-order valence-electron chi connectivity index (χ4n) is 2.16. The number of aromatic nitrogens is 2. The number of benzene rings is 1. The number of nitrogens with one attached hydrogen (secondary N) is 1. The topological polar surface area (TPSA) is 82.5 Å². The second-order valence-corrected chi connectivity index (χ2v) is 5.08. The SMILES string of the molecule is COC(=O)/C=C(/Nc1ccc(-n2nc(C)cc2C)cc1)C(=O)OC. The zero-order chi connectivity index (χ0) is 17.7. The van der Waals surface area contributed by atoms with Gasteiger partial charge in [-0.05, 0) is 44.2 Å². The lowest BCUT2D eigenvalue weighted by Gasteiger charge is -2.10. The molecule has 0 unspecified atom stereocenters. The third kappa shape index (κ3) is 4.01. The first-order chi connectivity index (χ1) is 11.4. The molecule has 2 aromatic rings. The Morgan fingerprint density at radius 3 is 2.29 bits per heavy atom. The van der Waals surface area contributed by atoms with E-state index in [0.717, 1.165) is 23.2 Å². The molecule has 2 rings (SSSR count). The minimum atomic E-state index is -0.664. The third-order valence-electron chi connectivity index (χ3n) is 3.27. The van der Waals surface area contributed by atoms with Crippen molar-refractivity contribution in [3.05, 3.63) is 53.5 Å². The van der Waals surface area contributed by atoms with Crippen molar-refractivity contribution in [1.82, 2.24) is 9.78 Å². The maximum absolute atomic E-state index is 11.7. The van der Waals surface area contributed by atoms with Crippen LogP contribution in [-0.2, 0) is 19.1 Å². The van der Waals surface area contributed by atoms with Gasteiger partial charge in [-0.2, -0.15) is 5.10 Å². The van der Waals surface area contributed by atoms with Crippen LogP contribution in [0.2, 0.25) is 0 Å². The maximum atomic E-state index is 11.7.